The number of nitrogens with zero attached hydrogens (tertiary/aromatic N) is 2. The van der Waals surface area contributed by atoms with Crippen molar-refractivity contribution >= 4 is 0 Å². The SMILES string of the molecule is CCN1CCN(CC2CC23CCNCC3)CC1. The Morgan fingerprint density at radius 2 is 1.71 bits per heavy atom. The Hall–Kier alpha value is -0.120. The topological polar surface area (TPSA) is 18.5 Å². The lowest BCUT2D eigenvalue weighted by Gasteiger charge is -2.35. The van der Waals surface area contributed by atoms with Gasteiger partial charge in [-0.25, -0.2) is 0 Å². The third-order valence-electron chi connectivity index (χ3n) is 5.35. The van der Waals surface area contributed by atoms with Gasteiger partial charge in [0.25, 0.3) is 0 Å². The summed E-state index contributed by atoms with van der Waals surface area (Å²) in [6.45, 7) is 12.6. The van der Waals surface area contributed by atoms with Crippen molar-refractivity contribution in [1.29, 1.82) is 0 Å². The molecule has 3 nitrogen and oxygen atoms in total. The fourth-order valence-corrected chi connectivity index (χ4v) is 3.83. The molecule has 2 aliphatic heterocycles. The largest absolute Gasteiger partial charge is 0.317 e. The van der Waals surface area contributed by atoms with Gasteiger partial charge in [0.2, 0.25) is 0 Å². The molecule has 0 radical (unpaired) electrons. The molecule has 0 aromatic heterocycles. The highest BCUT2D eigenvalue weighted by atomic mass is 15.3. The third-order valence-corrected chi connectivity index (χ3v) is 5.35. The first-order valence-electron chi connectivity index (χ1n) is 7.48. The van der Waals surface area contributed by atoms with Crippen molar-refractivity contribution in [3.63, 3.8) is 0 Å². The van der Waals surface area contributed by atoms with Crippen molar-refractivity contribution < 1.29 is 0 Å². The maximum Gasteiger partial charge on any atom is 0.0110 e. The lowest BCUT2D eigenvalue weighted by Crippen LogP contribution is -2.47. The van der Waals surface area contributed by atoms with E-state index >= 15 is 0 Å². The summed E-state index contributed by atoms with van der Waals surface area (Å²) in [5.41, 5.74) is 0.771. The first kappa shape index (κ1) is 11.9. The van der Waals surface area contributed by atoms with E-state index in [0.717, 1.165) is 11.3 Å². The number of hydrogen-bond donors (Lipinski definition) is 1. The summed E-state index contributed by atoms with van der Waals surface area (Å²) >= 11 is 0. The zero-order chi connectivity index (χ0) is 11.7. The second-order valence-electron chi connectivity index (χ2n) is 6.25. The van der Waals surface area contributed by atoms with E-state index in [1.54, 1.807) is 0 Å². The van der Waals surface area contributed by atoms with Gasteiger partial charge in [-0.2, -0.15) is 0 Å². The van der Waals surface area contributed by atoms with Crippen molar-refractivity contribution in [3.05, 3.63) is 0 Å². The highest BCUT2D eigenvalue weighted by molar-refractivity contribution is 5.05. The van der Waals surface area contributed by atoms with Crippen molar-refractivity contribution in [3.8, 4) is 0 Å². The molecule has 2 saturated heterocycles. The van der Waals surface area contributed by atoms with Gasteiger partial charge in [-0.05, 0) is 50.2 Å². The molecule has 3 rings (SSSR count). The molecule has 17 heavy (non-hydrogen) atoms. The van der Waals surface area contributed by atoms with Gasteiger partial charge in [-0.15, -0.1) is 0 Å². The van der Waals surface area contributed by atoms with Crippen LogP contribution in [0.3, 0.4) is 0 Å². The summed E-state index contributed by atoms with van der Waals surface area (Å²) in [4.78, 5) is 5.29. The lowest BCUT2D eigenvalue weighted by molar-refractivity contribution is 0.126. The average molecular weight is 237 g/mol. The molecule has 1 saturated carbocycles. The molecule has 1 aliphatic carbocycles. The highest BCUT2D eigenvalue weighted by Crippen LogP contribution is 2.58. The first-order valence-corrected chi connectivity index (χ1v) is 7.48. The molecular formula is C14H27N3. The number of rotatable bonds is 3. The van der Waals surface area contributed by atoms with Gasteiger partial charge in [0.1, 0.15) is 0 Å². The van der Waals surface area contributed by atoms with Gasteiger partial charge in [-0.1, -0.05) is 6.92 Å². The Morgan fingerprint density at radius 3 is 2.35 bits per heavy atom. The van der Waals surface area contributed by atoms with Crippen LogP contribution < -0.4 is 5.32 Å². The van der Waals surface area contributed by atoms with Crippen LogP contribution in [0.4, 0.5) is 0 Å². The maximum absolute atomic E-state index is 3.50. The fourth-order valence-electron chi connectivity index (χ4n) is 3.83. The van der Waals surface area contributed by atoms with Crippen molar-refractivity contribution in [2.45, 2.75) is 26.2 Å². The van der Waals surface area contributed by atoms with E-state index in [1.165, 1.54) is 71.6 Å². The van der Waals surface area contributed by atoms with Gasteiger partial charge in [0.05, 0.1) is 0 Å². The highest BCUT2D eigenvalue weighted by Gasteiger charge is 2.53. The fraction of sp³-hybridized carbons (Fsp3) is 1.00. The van der Waals surface area contributed by atoms with E-state index in [0.29, 0.717) is 0 Å². The van der Waals surface area contributed by atoms with E-state index in [-0.39, 0.29) is 0 Å². The van der Waals surface area contributed by atoms with E-state index < -0.39 is 0 Å². The van der Waals surface area contributed by atoms with Crippen LogP contribution in [0.2, 0.25) is 0 Å². The first-order chi connectivity index (χ1) is 8.32. The number of likely N-dealkylation sites (N-methyl/N-ethyl adjacent to an activating group) is 1. The van der Waals surface area contributed by atoms with Gasteiger partial charge in [0.15, 0.2) is 0 Å². The van der Waals surface area contributed by atoms with E-state index in [2.05, 4.69) is 22.0 Å². The predicted octanol–water partition coefficient (Wildman–Crippen LogP) is 1.01. The van der Waals surface area contributed by atoms with Gasteiger partial charge in [-0.3, -0.25) is 0 Å². The molecule has 0 aromatic carbocycles. The van der Waals surface area contributed by atoms with Crippen LogP contribution in [-0.4, -0.2) is 62.2 Å². The summed E-state index contributed by atoms with van der Waals surface area (Å²) in [7, 11) is 0. The normalized spacial score (nSPS) is 34.1. The summed E-state index contributed by atoms with van der Waals surface area (Å²) in [6.07, 6.45) is 4.39. The Morgan fingerprint density at radius 1 is 1.06 bits per heavy atom. The molecule has 1 N–H and O–H groups in total. The minimum Gasteiger partial charge on any atom is -0.317 e. The molecule has 3 heteroatoms. The van der Waals surface area contributed by atoms with E-state index in [1.807, 2.05) is 0 Å². The molecule has 0 bridgehead atoms. The molecule has 2 heterocycles. The Bertz CT molecular complexity index is 252. The molecule has 0 amide bonds. The number of hydrogen-bond acceptors (Lipinski definition) is 3. The monoisotopic (exact) mass is 237 g/mol. The Balaban J connectivity index is 1.43. The molecule has 1 spiro atoms. The van der Waals surface area contributed by atoms with Gasteiger partial charge < -0.3 is 15.1 Å². The molecule has 3 fully saturated rings. The second-order valence-corrected chi connectivity index (χ2v) is 6.25. The van der Waals surface area contributed by atoms with Gasteiger partial charge in [0, 0.05) is 32.7 Å². The average Bonchev–Trinajstić information content (AvgIpc) is 3.03. The lowest BCUT2D eigenvalue weighted by atomic mass is 9.92. The second kappa shape index (κ2) is 4.87. The zero-order valence-corrected chi connectivity index (χ0v) is 11.2. The van der Waals surface area contributed by atoms with Crippen LogP contribution in [0.1, 0.15) is 26.2 Å². The van der Waals surface area contributed by atoms with Crippen LogP contribution in [0.25, 0.3) is 0 Å². The molecular weight excluding hydrogens is 210 g/mol. The summed E-state index contributed by atoms with van der Waals surface area (Å²) in [6, 6.07) is 0. The smallest absolute Gasteiger partial charge is 0.0110 e. The Kier molecular flexibility index (Phi) is 3.42. The molecule has 98 valence electrons. The van der Waals surface area contributed by atoms with Gasteiger partial charge >= 0.3 is 0 Å². The molecule has 1 unspecified atom stereocenters. The molecule has 0 aromatic rings. The van der Waals surface area contributed by atoms with Crippen molar-refractivity contribution in [2.75, 3.05) is 52.4 Å². The van der Waals surface area contributed by atoms with Crippen molar-refractivity contribution in [1.82, 2.24) is 15.1 Å². The molecule has 1 atom stereocenters. The van der Waals surface area contributed by atoms with Crippen LogP contribution in [-0.2, 0) is 0 Å². The van der Waals surface area contributed by atoms with Crippen LogP contribution in [0.15, 0.2) is 0 Å². The maximum atomic E-state index is 3.50. The summed E-state index contributed by atoms with van der Waals surface area (Å²) in [5.74, 6) is 1.03. The number of piperidine rings is 1. The zero-order valence-electron chi connectivity index (χ0n) is 11.2. The van der Waals surface area contributed by atoms with Crippen LogP contribution in [0, 0.1) is 11.3 Å². The Labute approximate surface area is 106 Å². The standard InChI is InChI=1S/C14H27N3/c1-2-16-7-9-17(10-8-16)12-13-11-14(13)3-5-15-6-4-14/h13,15H,2-12H2,1H3. The van der Waals surface area contributed by atoms with E-state index in [9.17, 15) is 0 Å². The van der Waals surface area contributed by atoms with Crippen LogP contribution in [0.5, 0.6) is 0 Å². The minimum absolute atomic E-state index is 0.771. The summed E-state index contributed by atoms with van der Waals surface area (Å²) in [5, 5.41) is 3.50. The van der Waals surface area contributed by atoms with E-state index in [4.69, 9.17) is 0 Å². The summed E-state index contributed by atoms with van der Waals surface area (Å²) < 4.78 is 0. The minimum atomic E-state index is 0.771. The number of piperazine rings is 1. The van der Waals surface area contributed by atoms with Crippen LogP contribution >= 0.6 is 0 Å². The number of nitrogens with one attached hydrogen (secondary N) is 1. The predicted molar refractivity (Wildman–Crippen MR) is 71.2 cm³/mol. The van der Waals surface area contributed by atoms with Crippen molar-refractivity contribution in [2.24, 2.45) is 11.3 Å². The quantitative estimate of drug-likeness (QED) is 0.790. The third kappa shape index (κ3) is 2.51. The molecule has 3 aliphatic rings.